The number of hydrogen-bond donors (Lipinski definition) is 1. The lowest BCUT2D eigenvalue weighted by Gasteiger charge is -2.36. The molecule has 0 unspecified atom stereocenters. The van der Waals surface area contributed by atoms with Gasteiger partial charge in [0.1, 0.15) is 0 Å². The van der Waals surface area contributed by atoms with Crippen molar-refractivity contribution < 1.29 is 0 Å². The highest BCUT2D eigenvalue weighted by molar-refractivity contribution is 6.21. The van der Waals surface area contributed by atoms with Crippen molar-refractivity contribution in [2.24, 2.45) is 10.8 Å². The summed E-state index contributed by atoms with van der Waals surface area (Å²) in [6.45, 7) is 17.1. The van der Waals surface area contributed by atoms with Crippen molar-refractivity contribution in [3.63, 3.8) is 0 Å². The van der Waals surface area contributed by atoms with Gasteiger partial charge in [-0.25, -0.2) is 0 Å². The predicted molar refractivity (Wildman–Crippen MR) is 69.6 cm³/mol. The summed E-state index contributed by atoms with van der Waals surface area (Å²) < 4.78 is 0. The molecular formula is C12H27NSi. The standard InChI is InChI=1S/C12H27NSi/c1-8-13-10(14)9(11(2,3)4)12(5,6)7/h13H,8H2,1-7,14H3. The summed E-state index contributed by atoms with van der Waals surface area (Å²) in [4.78, 5) is 0. The molecule has 0 fully saturated rings. The second kappa shape index (κ2) is 4.52. The number of nitrogens with one attached hydrogen (secondary N) is 1. The smallest absolute Gasteiger partial charge is 0.0587 e. The molecule has 0 saturated heterocycles. The van der Waals surface area contributed by atoms with E-state index in [1.165, 1.54) is 5.32 Å². The summed E-state index contributed by atoms with van der Waals surface area (Å²) in [6.07, 6.45) is 0. The van der Waals surface area contributed by atoms with Crippen LogP contribution in [0, 0.1) is 10.8 Å². The van der Waals surface area contributed by atoms with Crippen molar-refractivity contribution in [1.82, 2.24) is 5.32 Å². The van der Waals surface area contributed by atoms with Crippen LogP contribution in [-0.2, 0) is 0 Å². The van der Waals surface area contributed by atoms with Gasteiger partial charge in [-0.2, -0.15) is 0 Å². The second-order valence-corrected chi connectivity index (χ2v) is 7.03. The first-order valence-corrected chi connectivity index (χ1v) is 6.56. The molecule has 84 valence electrons. The van der Waals surface area contributed by atoms with Gasteiger partial charge in [-0.05, 0) is 28.6 Å². The summed E-state index contributed by atoms with van der Waals surface area (Å²) in [5.74, 6) is 0. The molecule has 0 saturated carbocycles. The zero-order valence-electron chi connectivity index (χ0n) is 11.2. The van der Waals surface area contributed by atoms with Crippen LogP contribution in [-0.4, -0.2) is 16.8 Å². The summed E-state index contributed by atoms with van der Waals surface area (Å²) >= 11 is 0. The van der Waals surface area contributed by atoms with Gasteiger partial charge in [-0.15, -0.1) is 0 Å². The Balaban J connectivity index is 5.22. The lowest BCUT2D eigenvalue weighted by atomic mass is 9.72. The maximum Gasteiger partial charge on any atom is 0.0587 e. The Kier molecular flexibility index (Phi) is 4.44. The van der Waals surface area contributed by atoms with Crippen LogP contribution in [0.2, 0.25) is 0 Å². The summed E-state index contributed by atoms with van der Waals surface area (Å²) in [7, 11) is 1.11. The summed E-state index contributed by atoms with van der Waals surface area (Å²) in [5.41, 5.74) is 2.13. The van der Waals surface area contributed by atoms with Gasteiger partial charge in [-0.1, -0.05) is 41.5 Å². The van der Waals surface area contributed by atoms with Crippen molar-refractivity contribution in [2.75, 3.05) is 6.54 Å². The van der Waals surface area contributed by atoms with Crippen LogP contribution < -0.4 is 5.32 Å². The molecule has 0 aliphatic carbocycles. The van der Waals surface area contributed by atoms with Crippen LogP contribution in [0.4, 0.5) is 0 Å². The molecule has 0 spiro atoms. The van der Waals surface area contributed by atoms with Crippen LogP contribution in [0.5, 0.6) is 0 Å². The average molecular weight is 213 g/mol. The van der Waals surface area contributed by atoms with Crippen molar-refractivity contribution in [3.05, 3.63) is 10.9 Å². The third-order valence-corrected chi connectivity index (χ3v) is 3.17. The van der Waals surface area contributed by atoms with E-state index in [9.17, 15) is 0 Å². The number of rotatable bonds is 2. The third kappa shape index (κ3) is 3.87. The highest BCUT2D eigenvalue weighted by Gasteiger charge is 2.29. The molecule has 0 aromatic carbocycles. The minimum Gasteiger partial charge on any atom is -0.393 e. The van der Waals surface area contributed by atoms with Crippen molar-refractivity contribution in [1.29, 1.82) is 0 Å². The highest BCUT2D eigenvalue weighted by Crippen LogP contribution is 2.40. The molecule has 0 atom stereocenters. The zero-order chi connectivity index (χ0) is 11.6. The molecule has 0 rings (SSSR count). The van der Waals surface area contributed by atoms with E-state index >= 15 is 0 Å². The maximum absolute atomic E-state index is 3.50. The molecular weight excluding hydrogens is 186 g/mol. The van der Waals surface area contributed by atoms with Gasteiger partial charge in [0.2, 0.25) is 0 Å². The Labute approximate surface area is 92.8 Å². The monoisotopic (exact) mass is 213 g/mol. The molecule has 0 aromatic rings. The fourth-order valence-corrected chi connectivity index (χ4v) is 4.46. The lowest BCUT2D eigenvalue weighted by Crippen LogP contribution is -2.29. The number of hydrogen-bond acceptors (Lipinski definition) is 1. The molecule has 0 heterocycles. The molecule has 1 nitrogen and oxygen atoms in total. The van der Waals surface area contributed by atoms with Crippen LogP contribution in [0.1, 0.15) is 48.5 Å². The van der Waals surface area contributed by atoms with Crippen LogP contribution in [0.15, 0.2) is 10.9 Å². The topological polar surface area (TPSA) is 12.0 Å². The first-order valence-electron chi connectivity index (χ1n) is 5.56. The van der Waals surface area contributed by atoms with Crippen molar-refractivity contribution in [2.45, 2.75) is 48.5 Å². The zero-order valence-corrected chi connectivity index (χ0v) is 13.2. The quantitative estimate of drug-likeness (QED) is 0.694. The van der Waals surface area contributed by atoms with Gasteiger partial charge >= 0.3 is 0 Å². The summed E-state index contributed by atoms with van der Waals surface area (Å²) in [5, 5.41) is 4.98. The van der Waals surface area contributed by atoms with Gasteiger partial charge in [0, 0.05) is 6.54 Å². The largest absolute Gasteiger partial charge is 0.393 e. The molecule has 0 amide bonds. The molecule has 0 aromatic heterocycles. The molecule has 0 bridgehead atoms. The fourth-order valence-electron chi connectivity index (χ4n) is 2.60. The van der Waals surface area contributed by atoms with E-state index in [1.807, 2.05) is 0 Å². The fraction of sp³-hybridized carbons (Fsp3) is 0.833. The van der Waals surface area contributed by atoms with E-state index in [2.05, 4.69) is 53.8 Å². The predicted octanol–water partition coefficient (Wildman–Crippen LogP) is 2.27. The normalized spacial score (nSPS) is 12.8. The molecule has 0 radical (unpaired) electrons. The lowest BCUT2D eigenvalue weighted by molar-refractivity contribution is 0.356. The Morgan fingerprint density at radius 3 is 1.57 bits per heavy atom. The highest BCUT2D eigenvalue weighted by atomic mass is 28.1. The van der Waals surface area contributed by atoms with Crippen LogP contribution in [0.3, 0.4) is 0 Å². The Hall–Kier alpha value is -0.243. The van der Waals surface area contributed by atoms with Gasteiger partial charge in [0.15, 0.2) is 0 Å². The van der Waals surface area contributed by atoms with Gasteiger partial charge in [0.05, 0.1) is 10.2 Å². The molecule has 14 heavy (non-hydrogen) atoms. The van der Waals surface area contributed by atoms with E-state index in [4.69, 9.17) is 0 Å². The van der Waals surface area contributed by atoms with Gasteiger partial charge in [-0.3, -0.25) is 0 Å². The van der Waals surface area contributed by atoms with E-state index in [0.717, 1.165) is 16.8 Å². The van der Waals surface area contributed by atoms with Gasteiger partial charge in [0.25, 0.3) is 0 Å². The van der Waals surface area contributed by atoms with E-state index in [1.54, 1.807) is 5.57 Å². The summed E-state index contributed by atoms with van der Waals surface area (Å²) in [6, 6.07) is 0. The first-order chi connectivity index (χ1) is 6.10. The molecule has 2 heteroatoms. The Morgan fingerprint density at radius 2 is 1.36 bits per heavy atom. The van der Waals surface area contributed by atoms with E-state index in [-0.39, 0.29) is 10.8 Å². The SMILES string of the molecule is CCNC([SiH3])=C(C(C)(C)C)C(C)(C)C. The molecule has 0 aliphatic rings. The Morgan fingerprint density at radius 1 is 1.00 bits per heavy atom. The van der Waals surface area contributed by atoms with Crippen molar-refractivity contribution >= 4 is 10.2 Å². The third-order valence-electron chi connectivity index (χ3n) is 2.32. The molecule has 0 aliphatic heterocycles. The average Bonchev–Trinajstić information content (AvgIpc) is 1.78. The van der Waals surface area contributed by atoms with Gasteiger partial charge < -0.3 is 5.32 Å². The second-order valence-electron chi connectivity index (χ2n) is 6.03. The first kappa shape index (κ1) is 13.8. The van der Waals surface area contributed by atoms with Crippen LogP contribution >= 0.6 is 0 Å². The van der Waals surface area contributed by atoms with Crippen molar-refractivity contribution in [3.8, 4) is 0 Å². The van der Waals surface area contributed by atoms with E-state index in [0.29, 0.717) is 0 Å². The Bertz CT molecular complexity index is 199. The van der Waals surface area contributed by atoms with Crippen LogP contribution in [0.25, 0.3) is 0 Å². The van der Waals surface area contributed by atoms with E-state index < -0.39 is 0 Å². The minimum absolute atomic E-state index is 0.275. The maximum atomic E-state index is 3.50. The number of allylic oxidation sites excluding steroid dienone is 1. The molecule has 1 N–H and O–H groups in total. The minimum atomic E-state index is 0.275.